The zero-order chi connectivity index (χ0) is 14.4. The van der Waals surface area contributed by atoms with Gasteiger partial charge in [0.05, 0.1) is 6.61 Å². The van der Waals surface area contributed by atoms with Crippen molar-refractivity contribution in [1.82, 2.24) is 5.32 Å². The van der Waals surface area contributed by atoms with Crippen LogP contribution in [0.3, 0.4) is 0 Å². The summed E-state index contributed by atoms with van der Waals surface area (Å²) in [4.78, 5) is 0. The molecule has 2 atom stereocenters. The first kappa shape index (κ1) is 15.4. The van der Waals surface area contributed by atoms with Crippen molar-refractivity contribution in [1.29, 1.82) is 0 Å². The second-order valence-electron chi connectivity index (χ2n) is 6.26. The highest BCUT2D eigenvalue weighted by molar-refractivity contribution is 5.27. The Hall–Kier alpha value is -1.02. The van der Waals surface area contributed by atoms with Gasteiger partial charge >= 0.3 is 0 Å². The maximum Gasteiger partial charge on any atom is 0.119 e. The van der Waals surface area contributed by atoms with Gasteiger partial charge in [-0.25, -0.2) is 0 Å². The second-order valence-corrected chi connectivity index (χ2v) is 6.26. The van der Waals surface area contributed by atoms with Crippen molar-refractivity contribution >= 4 is 0 Å². The van der Waals surface area contributed by atoms with E-state index in [1.54, 1.807) is 0 Å². The van der Waals surface area contributed by atoms with E-state index in [1.165, 1.54) is 31.2 Å². The van der Waals surface area contributed by atoms with Gasteiger partial charge in [-0.2, -0.15) is 0 Å². The van der Waals surface area contributed by atoms with Crippen LogP contribution < -0.4 is 10.1 Å². The fourth-order valence-electron chi connectivity index (χ4n) is 3.33. The molecule has 1 fully saturated rings. The van der Waals surface area contributed by atoms with E-state index in [0.717, 1.165) is 30.7 Å². The summed E-state index contributed by atoms with van der Waals surface area (Å²) in [7, 11) is 0. The van der Waals surface area contributed by atoms with Gasteiger partial charge in [0.25, 0.3) is 0 Å². The molecule has 112 valence electrons. The molecule has 0 spiro atoms. The number of ether oxygens (including phenoxy) is 1. The third-order valence-electron chi connectivity index (χ3n) is 4.48. The van der Waals surface area contributed by atoms with Gasteiger partial charge in [0.1, 0.15) is 5.75 Å². The monoisotopic (exact) mass is 275 g/mol. The van der Waals surface area contributed by atoms with Crippen molar-refractivity contribution in [3.8, 4) is 5.75 Å². The number of rotatable bonds is 6. The third kappa shape index (κ3) is 4.24. The van der Waals surface area contributed by atoms with Crippen molar-refractivity contribution in [3.63, 3.8) is 0 Å². The highest BCUT2D eigenvalue weighted by Crippen LogP contribution is 2.30. The van der Waals surface area contributed by atoms with Crippen LogP contribution in [-0.4, -0.2) is 12.6 Å². The van der Waals surface area contributed by atoms with E-state index in [1.807, 2.05) is 6.92 Å². The molecule has 1 aliphatic carbocycles. The Morgan fingerprint density at radius 1 is 1.15 bits per heavy atom. The maximum absolute atomic E-state index is 5.48. The lowest BCUT2D eigenvalue weighted by molar-refractivity contribution is 0.204. The van der Waals surface area contributed by atoms with Crippen LogP contribution in [0.15, 0.2) is 24.3 Å². The molecule has 0 aromatic heterocycles. The lowest BCUT2D eigenvalue weighted by Crippen LogP contribution is -2.40. The van der Waals surface area contributed by atoms with Crippen molar-refractivity contribution in [3.05, 3.63) is 29.8 Å². The zero-order valence-electron chi connectivity index (χ0n) is 13.2. The molecule has 1 aliphatic rings. The summed E-state index contributed by atoms with van der Waals surface area (Å²) >= 11 is 0. The highest BCUT2D eigenvalue weighted by Gasteiger charge is 2.26. The highest BCUT2D eigenvalue weighted by atomic mass is 16.5. The van der Waals surface area contributed by atoms with E-state index in [2.05, 4.69) is 43.4 Å². The lowest BCUT2D eigenvalue weighted by Gasteiger charge is -2.35. The third-order valence-corrected chi connectivity index (χ3v) is 4.48. The Balaban J connectivity index is 1.86. The summed E-state index contributed by atoms with van der Waals surface area (Å²) in [5, 5.41) is 3.78. The summed E-state index contributed by atoms with van der Waals surface area (Å²) in [5.41, 5.74) is 1.35. The summed E-state index contributed by atoms with van der Waals surface area (Å²) in [6, 6.07) is 9.18. The zero-order valence-corrected chi connectivity index (χ0v) is 13.2. The van der Waals surface area contributed by atoms with Gasteiger partial charge in [-0.15, -0.1) is 0 Å². The van der Waals surface area contributed by atoms with Crippen LogP contribution in [0, 0.1) is 11.8 Å². The van der Waals surface area contributed by atoms with Gasteiger partial charge in [0.15, 0.2) is 0 Å². The number of hydrogen-bond acceptors (Lipinski definition) is 2. The molecule has 0 radical (unpaired) electrons. The molecular formula is C18H29NO. The average Bonchev–Trinajstić information content (AvgIpc) is 2.47. The van der Waals surface area contributed by atoms with Gasteiger partial charge < -0.3 is 10.1 Å². The largest absolute Gasteiger partial charge is 0.494 e. The SMILES string of the molecule is CCOc1ccc(CNC2CCCCC2C(C)C)cc1. The first-order valence-electron chi connectivity index (χ1n) is 8.15. The van der Waals surface area contributed by atoms with Crippen LogP contribution in [-0.2, 0) is 6.54 Å². The molecule has 2 nitrogen and oxygen atoms in total. The smallest absolute Gasteiger partial charge is 0.119 e. The Morgan fingerprint density at radius 2 is 1.85 bits per heavy atom. The predicted molar refractivity (Wildman–Crippen MR) is 85.0 cm³/mol. The van der Waals surface area contributed by atoms with Crippen LogP contribution in [0.1, 0.15) is 52.0 Å². The minimum absolute atomic E-state index is 0.690. The molecular weight excluding hydrogens is 246 g/mol. The minimum Gasteiger partial charge on any atom is -0.494 e. The minimum atomic E-state index is 0.690. The van der Waals surface area contributed by atoms with Gasteiger partial charge in [0.2, 0.25) is 0 Å². The van der Waals surface area contributed by atoms with E-state index < -0.39 is 0 Å². The number of benzene rings is 1. The Labute approximate surface area is 123 Å². The van der Waals surface area contributed by atoms with Crippen LogP contribution >= 0.6 is 0 Å². The second kappa shape index (κ2) is 7.68. The van der Waals surface area contributed by atoms with Crippen LogP contribution in [0.5, 0.6) is 5.75 Å². The first-order chi connectivity index (χ1) is 9.70. The molecule has 0 bridgehead atoms. The molecule has 1 aromatic carbocycles. The van der Waals surface area contributed by atoms with Crippen LogP contribution in [0.4, 0.5) is 0 Å². The summed E-state index contributed by atoms with van der Waals surface area (Å²) in [6.07, 6.45) is 5.51. The van der Waals surface area contributed by atoms with Crippen molar-refractivity contribution in [2.75, 3.05) is 6.61 Å². The Morgan fingerprint density at radius 3 is 2.50 bits per heavy atom. The molecule has 0 amide bonds. The van der Waals surface area contributed by atoms with Gasteiger partial charge in [-0.1, -0.05) is 38.8 Å². The summed E-state index contributed by atoms with van der Waals surface area (Å²) in [5.74, 6) is 2.59. The number of nitrogens with one attached hydrogen (secondary N) is 1. The molecule has 1 N–H and O–H groups in total. The van der Waals surface area contributed by atoms with E-state index in [-0.39, 0.29) is 0 Å². The van der Waals surface area contributed by atoms with Crippen molar-refractivity contribution in [2.45, 2.75) is 59.0 Å². The maximum atomic E-state index is 5.48. The molecule has 0 heterocycles. The van der Waals surface area contributed by atoms with Gasteiger partial charge in [0, 0.05) is 12.6 Å². The Kier molecular flexibility index (Phi) is 5.90. The lowest BCUT2D eigenvalue weighted by atomic mass is 9.78. The first-order valence-corrected chi connectivity index (χ1v) is 8.15. The Bertz CT molecular complexity index is 385. The van der Waals surface area contributed by atoms with Gasteiger partial charge in [-0.3, -0.25) is 0 Å². The molecule has 2 heteroatoms. The molecule has 20 heavy (non-hydrogen) atoms. The predicted octanol–water partition coefficient (Wildman–Crippen LogP) is 4.39. The normalized spacial score (nSPS) is 23.0. The molecule has 2 rings (SSSR count). The van der Waals surface area contributed by atoms with E-state index in [9.17, 15) is 0 Å². The average molecular weight is 275 g/mol. The molecule has 1 saturated carbocycles. The fourth-order valence-corrected chi connectivity index (χ4v) is 3.33. The topological polar surface area (TPSA) is 21.3 Å². The molecule has 0 aliphatic heterocycles. The summed E-state index contributed by atoms with van der Waals surface area (Å²) in [6.45, 7) is 8.45. The quantitative estimate of drug-likeness (QED) is 0.831. The van der Waals surface area contributed by atoms with Crippen molar-refractivity contribution in [2.24, 2.45) is 11.8 Å². The summed E-state index contributed by atoms with van der Waals surface area (Å²) < 4.78 is 5.48. The van der Waals surface area contributed by atoms with E-state index in [4.69, 9.17) is 4.74 Å². The number of hydrogen-bond donors (Lipinski definition) is 1. The standard InChI is InChI=1S/C18H29NO/c1-4-20-16-11-9-15(10-12-16)13-19-18-8-6-5-7-17(18)14(2)3/h9-12,14,17-19H,4-8,13H2,1-3H3. The van der Waals surface area contributed by atoms with Gasteiger partial charge in [-0.05, 0) is 49.3 Å². The van der Waals surface area contributed by atoms with E-state index >= 15 is 0 Å². The fraction of sp³-hybridized carbons (Fsp3) is 0.667. The molecule has 0 saturated heterocycles. The molecule has 1 aromatic rings. The van der Waals surface area contributed by atoms with Crippen LogP contribution in [0.2, 0.25) is 0 Å². The molecule has 2 unspecified atom stereocenters. The van der Waals surface area contributed by atoms with E-state index in [0.29, 0.717) is 6.04 Å². The van der Waals surface area contributed by atoms with Crippen LogP contribution in [0.25, 0.3) is 0 Å². The van der Waals surface area contributed by atoms with Crippen molar-refractivity contribution < 1.29 is 4.74 Å².